The molecule has 1 rings (SSSR count). The lowest BCUT2D eigenvalue weighted by Crippen LogP contribution is -2.58. The molecule has 2 unspecified atom stereocenters. The molecule has 1 fully saturated rings. The molecule has 0 aliphatic carbocycles. The first-order chi connectivity index (χ1) is 7.70. The largest absolute Gasteiger partial charge is 0.465 e. The van der Waals surface area contributed by atoms with Gasteiger partial charge in [-0.25, -0.2) is 0 Å². The number of carbonyl (C=O) groups is 1. The maximum Gasteiger partial charge on any atom is 0.324 e. The van der Waals surface area contributed by atoms with E-state index in [-0.39, 0.29) is 12.0 Å². The Morgan fingerprint density at radius 2 is 2.31 bits per heavy atom. The minimum Gasteiger partial charge on any atom is -0.465 e. The predicted octanol–water partition coefficient (Wildman–Crippen LogP) is 1.01. The van der Waals surface area contributed by atoms with Gasteiger partial charge in [0.1, 0.15) is 6.04 Å². The van der Waals surface area contributed by atoms with Crippen molar-refractivity contribution < 1.29 is 9.53 Å². The van der Waals surface area contributed by atoms with E-state index in [1.165, 1.54) is 0 Å². The number of ether oxygens (including phenoxy) is 1. The van der Waals surface area contributed by atoms with Gasteiger partial charge in [-0.2, -0.15) is 0 Å². The second kappa shape index (κ2) is 6.86. The minimum atomic E-state index is -0.102. The molecular weight excluding hydrogens is 204 g/mol. The average molecular weight is 228 g/mol. The van der Waals surface area contributed by atoms with E-state index in [2.05, 4.69) is 24.1 Å². The van der Waals surface area contributed by atoms with Gasteiger partial charge in [-0.05, 0) is 20.3 Å². The fraction of sp³-hybridized carbons (Fsp3) is 0.917. The van der Waals surface area contributed by atoms with Gasteiger partial charge in [0.05, 0.1) is 6.61 Å². The first-order valence-corrected chi connectivity index (χ1v) is 6.33. The van der Waals surface area contributed by atoms with E-state index in [4.69, 9.17) is 4.74 Å². The number of hydrogen-bond donors (Lipinski definition) is 1. The highest BCUT2D eigenvalue weighted by Gasteiger charge is 2.32. The fourth-order valence-corrected chi connectivity index (χ4v) is 2.29. The molecule has 1 aliphatic heterocycles. The number of nitrogens with zero attached hydrogens (tertiary/aromatic N) is 1. The third-order valence-corrected chi connectivity index (χ3v) is 3.12. The summed E-state index contributed by atoms with van der Waals surface area (Å²) in [6.45, 7) is 9.31. The molecule has 0 radical (unpaired) electrons. The summed E-state index contributed by atoms with van der Waals surface area (Å²) in [7, 11) is 0. The van der Waals surface area contributed by atoms with Crippen molar-refractivity contribution in [1.29, 1.82) is 0 Å². The molecule has 0 bridgehead atoms. The lowest BCUT2D eigenvalue weighted by atomic mass is 10.1. The Balaban J connectivity index is 2.59. The second-order valence-corrected chi connectivity index (χ2v) is 4.35. The summed E-state index contributed by atoms with van der Waals surface area (Å²) < 4.78 is 5.12. The Morgan fingerprint density at radius 3 is 2.94 bits per heavy atom. The van der Waals surface area contributed by atoms with E-state index in [0.717, 1.165) is 25.9 Å². The summed E-state index contributed by atoms with van der Waals surface area (Å²) in [5.41, 5.74) is 0. The van der Waals surface area contributed by atoms with Gasteiger partial charge in [-0.1, -0.05) is 13.3 Å². The lowest BCUT2D eigenvalue weighted by molar-refractivity contribution is -0.151. The van der Waals surface area contributed by atoms with Gasteiger partial charge < -0.3 is 10.1 Å². The number of carbonyl (C=O) groups excluding carboxylic acids is 1. The Hall–Kier alpha value is -0.610. The highest BCUT2D eigenvalue weighted by Crippen LogP contribution is 2.13. The summed E-state index contributed by atoms with van der Waals surface area (Å²) in [6.07, 6.45) is 2.29. The minimum absolute atomic E-state index is 0.0855. The molecule has 1 N–H and O–H groups in total. The van der Waals surface area contributed by atoms with E-state index in [0.29, 0.717) is 19.2 Å². The maximum atomic E-state index is 11.8. The van der Waals surface area contributed by atoms with E-state index in [1.807, 2.05) is 6.92 Å². The van der Waals surface area contributed by atoms with Crippen molar-refractivity contribution in [3.63, 3.8) is 0 Å². The number of rotatable bonds is 5. The molecule has 94 valence electrons. The van der Waals surface area contributed by atoms with Gasteiger partial charge in [-0.15, -0.1) is 0 Å². The highest BCUT2D eigenvalue weighted by atomic mass is 16.5. The number of hydrogen-bond acceptors (Lipinski definition) is 4. The predicted molar refractivity (Wildman–Crippen MR) is 64.4 cm³/mol. The lowest BCUT2D eigenvalue weighted by Gasteiger charge is -2.38. The van der Waals surface area contributed by atoms with Crippen LogP contribution in [0.4, 0.5) is 0 Å². The van der Waals surface area contributed by atoms with Crippen LogP contribution in [0.5, 0.6) is 0 Å². The van der Waals surface area contributed by atoms with Crippen LogP contribution in [0.15, 0.2) is 0 Å². The molecule has 2 atom stereocenters. The van der Waals surface area contributed by atoms with E-state index < -0.39 is 0 Å². The number of esters is 1. The third-order valence-electron chi connectivity index (χ3n) is 3.12. The molecule has 1 aliphatic rings. The smallest absolute Gasteiger partial charge is 0.324 e. The SMILES string of the molecule is CCCC(C)N1CCNCC1C(=O)OCC. The third kappa shape index (κ3) is 3.46. The molecule has 0 aromatic rings. The molecule has 0 saturated carbocycles. The van der Waals surface area contributed by atoms with Crippen LogP contribution < -0.4 is 5.32 Å². The van der Waals surface area contributed by atoms with Crippen molar-refractivity contribution >= 4 is 5.97 Å². The van der Waals surface area contributed by atoms with Crippen LogP contribution in [-0.4, -0.2) is 49.2 Å². The van der Waals surface area contributed by atoms with Crippen LogP contribution >= 0.6 is 0 Å². The van der Waals surface area contributed by atoms with E-state index >= 15 is 0 Å². The van der Waals surface area contributed by atoms with Crippen molar-refractivity contribution in [3.05, 3.63) is 0 Å². The summed E-state index contributed by atoms with van der Waals surface area (Å²) in [4.78, 5) is 14.1. The topological polar surface area (TPSA) is 41.6 Å². The van der Waals surface area contributed by atoms with Crippen LogP contribution in [0.25, 0.3) is 0 Å². The molecule has 1 saturated heterocycles. The standard InChI is InChI=1S/C12H24N2O2/c1-4-6-10(3)14-8-7-13-9-11(14)12(15)16-5-2/h10-11,13H,4-9H2,1-3H3. The van der Waals surface area contributed by atoms with Crippen molar-refractivity contribution in [3.8, 4) is 0 Å². The van der Waals surface area contributed by atoms with Crippen LogP contribution in [0, 0.1) is 0 Å². The van der Waals surface area contributed by atoms with Crippen molar-refractivity contribution in [1.82, 2.24) is 10.2 Å². The maximum absolute atomic E-state index is 11.8. The average Bonchev–Trinajstić information content (AvgIpc) is 2.30. The quantitative estimate of drug-likeness (QED) is 0.713. The van der Waals surface area contributed by atoms with E-state index in [1.54, 1.807) is 0 Å². The Morgan fingerprint density at radius 1 is 1.56 bits per heavy atom. The Kier molecular flexibility index (Phi) is 5.77. The summed E-state index contributed by atoms with van der Waals surface area (Å²) in [6, 6.07) is 0.358. The van der Waals surface area contributed by atoms with Gasteiger partial charge in [0.2, 0.25) is 0 Å². The van der Waals surface area contributed by atoms with Gasteiger partial charge in [0.25, 0.3) is 0 Å². The van der Waals surface area contributed by atoms with Gasteiger partial charge >= 0.3 is 5.97 Å². The molecule has 0 amide bonds. The van der Waals surface area contributed by atoms with Gasteiger partial charge in [-0.3, -0.25) is 9.69 Å². The summed E-state index contributed by atoms with van der Waals surface area (Å²) in [5.74, 6) is -0.0855. The molecule has 0 spiro atoms. The van der Waals surface area contributed by atoms with Crippen LogP contribution in [-0.2, 0) is 9.53 Å². The van der Waals surface area contributed by atoms with Crippen LogP contribution in [0.3, 0.4) is 0 Å². The second-order valence-electron chi connectivity index (χ2n) is 4.35. The van der Waals surface area contributed by atoms with Crippen molar-refractivity contribution in [2.75, 3.05) is 26.2 Å². The molecule has 0 aromatic carbocycles. The van der Waals surface area contributed by atoms with Crippen molar-refractivity contribution in [2.24, 2.45) is 0 Å². The van der Waals surface area contributed by atoms with Crippen molar-refractivity contribution in [2.45, 2.75) is 45.7 Å². The Bertz CT molecular complexity index is 221. The van der Waals surface area contributed by atoms with E-state index in [9.17, 15) is 4.79 Å². The molecule has 4 heteroatoms. The molecule has 4 nitrogen and oxygen atoms in total. The normalized spacial score (nSPS) is 24.1. The summed E-state index contributed by atoms with van der Waals surface area (Å²) in [5, 5.41) is 3.26. The first kappa shape index (κ1) is 13.5. The molecule has 0 aromatic heterocycles. The zero-order valence-electron chi connectivity index (χ0n) is 10.7. The number of nitrogens with one attached hydrogen (secondary N) is 1. The Labute approximate surface area is 98.3 Å². The molecule has 16 heavy (non-hydrogen) atoms. The van der Waals surface area contributed by atoms with Gasteiger partial charge in [0.15, 0.2) is 0 Å². The fourth-order valence-electron chi connectivity index (χ4n) is 2.29. The first-order valence-electron chi connectivity index (χ1n) is 6.33. The zero-order chi connectivity index (χ0) is 12.0. The number of piperazine rings is 1. The highest BCUT2D eigenvalue weighted by molar-refractivity contribution is 5.76. The van der Waals surface area contributed by atoms with Crippen LogP contribution in [0.1, 0.15) is 33.6 Å². The monoisotopic (exact) mass is 228 g/mol. The molecular formula is C12H24N2O2. The van der Waals surface area contributed by atoms with Gasteiger partial charge in [0, 0.05) is 25.7 Å². The zero-order valence-corrected chi connectivity index (χ0v) is 10.7. The molecule has 1 heterocycles. The summed E-state index contributed by atoms with van der Waals surface area (Å²) >= 11 is 0. The van der Waals surface area contributed by atoms with Crippen LogP contribution in [0.2, 0.25) is 0 Å².